The minimum Gasteiger partial charge on any atom is -0.365 e. The summed E-state index contributed by atoms with van der Waals surface area (Å²) < 4.78 is 3.95. The Bertz CT molecular complexity index is 1590. The van der Waals surface area contributed by atoms with Crippen molar-refractivity contribution < 1.29 is 4.79 Å². The number of amides is 1. The Morgan fingerprint density at radius 1 is 1.18 bits per heavy atom. The van der Waals surface area contributed by atoms with Gasteiger partial charge in [-0.2, -0.15) is 5.10 Å². The summed E-state index contributed by atoms with van der Waals surface area (Å²) in [5, 5.41) is 13.0. The molecule has 8 heteroatoms. The highest BCUT2D eigenvalue weighted by Crippen LogP contribution is 2.46. The summed E-state index contributed by atoms with van der Waals surface area (Å²) in [5.74, 6) is 0.584. The molecule has 1 aliphatic heterocycles. The number of aryl methyl sites for hydroxylation is 2. The number of benzene rings is 2. The van der Waals surface area contributed by atoms with E-state index in [2.05, 4.69) is 49.0 Å². The lowest BCUT2D eigenvalue weighted by Crippen LogP contribution is -2.07. The van der Waals surface area contributed by atoms with E-state index in [1.165, 1.54) is 6.08 Å². The quantitative estimate of drug-likeness (QED) is 0.414. The second kappa shape index (κ2) is 7.03. The Morgan fingerprint density at radius 3 is 2.79 bits per heavy atom. The van der Waals surface area contributed by atoms with E-state index in [-0.39, 0.29) is 5.91 Å². The summed E-state index contributed by atoms with van der Waals surface area (Å²) in [7, 11) is 3.96. The van der Waals surface area contributed by atoms with Crippen LogP contribution in [0, 0.1) is 0 Å². The Morgan fingerprint density at radius 2 is 2.00 bits per heavy atom. The molecule has 0 atom stereocenters. The van der Waals surface area contributed by atoms with Crippen LogP contribution in [0.2, 0.25) is 0 Å². The van der Waals surface area contributed by atoms with Gasteiger partial charge in [-0.1, -0.05) is 18.7 Å². The number of fused-ring (bicyclic) bond motifs is 3. The first-order valence-corrected chi connectivity index (χ1v) is 10.6. The lowest BCUT2D eigenvalue weighted by Gasteiger charge is -2.12. The fraction of sp³-hybridized carbons (Fsp3) is 0.120. The molecule has 2 N–H and O–H groups in total. The molecule has 4 heterocycles. The summed E-state index contributed by atoms with van der Waals surface area (Å²) in [4.78, 5) is 20.8. The van der Waals surface area contributed by atoms with E-state index in [4.69, 9.17) is 0 Å². The first-order chi connectivity index (χ1) is 16.0. The molecule has 33 heavy (non-hydrogen) atoms. The third-order valence-corrected chi connectivity index (χ3v) is 6.14. The van der Waals surface area contributed by atoms with Crippen LogP contribution in [0.5, 0.6) is 0 Å². The summed E-state index contributed by atoms with van der Waals surface area (Å²) >= 11 is 0. The van der Waals surface area contributed by atoms with Gasteiger partial charge in [0.25, 0.3) is 0 Å². The molecule has 0 saturated carbocycles. The molecular formula is C25H21N7O. The second-order valence-electron chi connectivity index (χ2n) is 8.20. The van der Waals surface area contributed by atoms with Gasteiger partial charge in [-0.05, 0) is 47.0 Å². The number of rotatable bonds is 3. The van der Waals surface area contributed by atoms with Crippen molar-refractivity contribution in [1.29, 1.82) is 0 Å². The molecule has 0 fully saturated rings. The van der Waals surface area contributed by atoms with Crippen molar-refractivity contribution in [3.63, 3.8) is 0 Å². The molecule has 0 spiro atoms. The molecule has 2 aromatic carbocycles. The second-order valence-corrected chi connectivity index (χ2v) is 8.20. The zero-order valence-corrected chi connectivity index (χ0v) is 18.3. The first-order valence-electron chi connectivity index (χ1n) is 10.6. The smallest absolute Gasteiger partial charge is 0.247 e. The third-order valence-electron chi connectivity index (χ3n) is 6.14. The molecule has 1 aliphatic rings. The van der Waals surface area contributed by atoms with E-state index in [1.54, 1.807) is 6.33 Å². The van der Waals surface area contributed by atoms with Gasteiger partial charge in [-0.15, -0.1) is 0 Å². The van der Waals surface area contributed by atoms with Crippen LogP contribution >= 0.6 is 0 Å². The molecule has 1 amide bonds. The number of nitrogens with one attached hydrogen (secondary N) is 2. The number of carbonyl (C=O) groups is 1. The normalized spacial score (nSPS) is 12.3. The van der Waals surface area contributed by atoms with Crippen LogP contribution in [-0.4, -0.2) is 30.2 Å². The molecule has 0 aliphatic carbocycles. The molecule has 5 aromatic rings. The Labute approximate surface area is 189 Å². The van der Waals surface area contributed by atoms with Gasteiger partial charge in [0.1, 0.15) is 17.8 Å². The van der Waals surface area contributed by atoms with Crippen molar-refractivity contribution in [3.05, 3.63) is 67.1 Å². The van der Waals surface area contributed by atoms with Crippen LogP contribution in [-0.2, 0) is 25.4 Å². The van der Waals surface area contributed by atoms with Crippen LogP contribution in [0.4, 0.5) is 11.5 Å². The number of hydrogen-bond donors (Lipinski definition) is 2. The van der Waals surface area contributed by atoms with Crippen molar-refractivity contribution in [2.45, 2.75) is 6.54 Å². The van der Waals surface area contributed by atoms with E-state index in [1.807, 2.05) is 49.2 Å². The third kappa shape index (κ3) is 2.91. The zero-order chi connectivity index (χ0) is 22.7. The van der Waals surface area contributed by atoms with E-state index in [0.29, 0.717) is 12.2 Å². The average molecular weight is 435 g/mol. The van der Waals surface area contributed by atoms with Gasteiger partial charge < -0.3 is 15.2 Å². The number of aromatic nitrogens is 5. The SMILES string of the molecule is C=CC(=O)Nc1ccc(-c2c3c4c(ncnc4n2C)NCc2cc4nn(C)cc4cc2-3)cc1. The van der Waals surface area contributed by atoms with E-state index < -0.39 is 0 Å². The Hall–Kier alpha value is -4.46. The van der Waals surface area contributed by atoms with Crippen LogP contribution in [0.3, 0.4) is 0 Å². The predicted octanol–water partition coefficient (Wildman–Crippen LogP) is 4.24. The molecule has 8 nitrogen and oxygen atoms in total. The highest BCUT2D eigenvalue weighted by atomic mass is 16.1. The highest BCUT2D eigenvalue weighted by molar-refractivity contribution is 6.10. The Kier molecular flexibility index (Phi) is 4.10. The van der Waals surface area contributed by atoms with Crippen LogP contribution < -0.4 is 10.6 Å². The summed E-state index contributed by atoms with van der Waals surface area (Å²) in [5.41, 5.74) is 7.99. The first kappa shape index (κ1) is 19.2. The topological polar surface area (TPSA) is 89.7 Å². The molecule has 0 unspecified atom stereocenters. The number of hydrogen-bond acceptors (Lipinski definition) is 5. The van der Waals surface area contributed by atoms with Crippen molar-refractivity contribution in [1.82, 2.24) is 24.3 Å². The van der Waals surface area contributed by atoms with Gasteiger partial charge in [0.15, 0.2) is 0 Å². The molecule has 3 aromatic heterocycles. The minimum absolute atomic E-state index is 0.237. The summed E-state index contributed by atoms with van der Waals surface area (Å²) in [6, 6.07) is 12.2. The Balaban J connectivity index is 1.63. The zero-order valence-electron chi connectivity index (χ0n) is 18.3. The van der Waals surface area contributed by atoms with Gasteiger partial charge >= 0.3 is 0 Å². The largest absolute Gasteiger partial charge is 0.365 e. The highest BCUT2D eigenvalue weighted by Gasteiger charge is 2.27. The van der Waals surface area contributed by atoms with Crippen LogP contribution in [0.15, 0.2) is 61.6 Å². The summed E-state index contributed by atoms with van der Waals surface area (Å²) in [6.07, 6.45) is 4.89. The molecule has 0 saturated heterocycles. The standard InChI is InChI=1S/C25H21N7O/c1-4-20(33)29-17-7-5-14(6-8-17)23-21-18-9-16-12-31(2)30-19(16)10-15(18)11-26-24-22(21)25(32(23)3)28-13-27-24/h4-10,12-13H,1,11H2,2-3H3,(H,29,33)(H,26,27,28). The van der Waals surface area contributed by atoms with Crippen LogP contribution in [0.1, 0.15) is 5.56 Å². The maximum absolute atomic E-state index is 11.7. The van der Waals surface area contributed by atoms with Gasteiger partial charge in [0.05, 0.1) is 16.6 Å². The molecule has 6 rings (SSSR count). The number of nitrogens with zero attached hydrogens (tertiary/aromatic N) is 5. The number of carbonyl (C=O) groups excluding carboxylic acids is 1. The van der Waals surface area contributed by atoms with Gasteiger partial charge in [-0.25, -0.2) is 9.97 Å². The molecule has 162 valence electrons. The fourth-order valence-electron chi connectivity index (χ4n) is 4.69. The van der Waals surface area contributed by atoms with Crippen LogP contribution in [0.25, 0.3) is 44.3 Å². The van der Waals surface area contributed by atoms with Gasteiger partial charge in [-0.3, -0.25) is 9.48 Å². The van der Waals surface area contributed by atoms with Gasteiger partial charge in [0, 0.05) is 43.5 Å². The molecular weight excluding hydrogens is 414 g/mol. The van der Waals surface area contributed by atoms with E-state index in [9.17, 15) is 4.79 Å². The monoisotopic (exact) mass is 435 g/mol. The van der Waals surface area contributed by atoms with Gasteiger partial charge in [0.2, 0.25) is 5.91 Å². The maximum atomic E-state index is 11.7. The lowest BCUT2D eigenvalue weighted by atomic mass is 9.94. The van der Waals surface area contributed by atoms with Crippen molar-refractivity contribution >= 4 is 39.3 Å². The van der Waals surface area contributed by atoms with Crippen molar-refractivity contribution in [2.24, 2.45) is 14.1 Å². The van der Waals surface area contributed by atoms with Crippen molar-refractivity contribution in [3.8, 4) is 22.4 Å². The minimum atomic E-state index is -0.237. The summed E-state index contributed by atoms with van der Waals surface area (Å²) in [6.45, 7) is 4.16. The van der Waals surface area contributed by atoms with E-state index >= 15 is 0 Å². The average Bonchev–Trinajstić information content (AvgIpc) is 3.28. The van der Waals surface area contributed by atoms with E-state index in [0.717, 1.165) is 55.7 Å². The lowest BCUT2D eigenvalue weighted by molar-refractivity contribution is -0.111. The van der Waals surface area contributed by atoms with Crippen molar-refractivity contribution in [2.75, 3.05) is 10.6 Å². The fourth-order valence-corrected chi connectivity index (χ4v) is 4.69. The molecule has 0 radical (unpaired) electrons. The maximum Gasteiger partial charge on any atom is 0.247 e. The number of anilines is 2. The molecule has 0 bridgehead atoms. The predicted molar refractivity (Wildman–Crippen MR) is 130 cm³/mol.